The van der Waals surface area contributed by atoms with Crippen molar-refractivity contribution in [2.24, 2.45) is 0 Å². The molecule has 2 aromatic rings. The Morgan fingerprint density at radius 2 is 2.18 bits per heavy atom. The Morgan fingerprint density at radius 1 is 1.29 bits per heavy atom. The summed E-state index contributed by atoms with van der Waals surface area (Å²) in [6, 6.07) is 2.20. The van der Waals surface area contributed by atoms with Crippen molar-refractivity contribution in [3.05, 3.63) is 16.5 Å². The first-order valence-electron chi connectivity index (χ1n) is 5.44. The standard InChI is InChI=1S/C11H12N4S2/c1-16-11-14-9(13-10(12)15-11)8-5-6-3-2-4-7(6)17-8/h5H,2-4H2,1H3,(H2,12,13,14,15). The smallest absolute Gasteiger partial charge is 0.224 e. The van der Waals surface area contributed by atoms with Gasteiger partial charge in [-0.25, -0.2) is 4.98 Å². The third kappa shape index (κ3) is 2.02. The number of fused-ring (bicyclic) bond motifs is 1. The van der Waals surface area contributed by atoms with Crippen LogP contribution in [0.3, 0.4) is 0 Å². The highest BCUT2D eigenvalue weighted by molar-refractivity contribution is 7.98. The van der Waals surface area contributed by atoms with Crippen LogP contribution in [0.25, 0.3) is 10.7 Å². The first-order valence-corrected chi connectivity index (χ1v) is 7.48. The van der Waals surface area contributed by atoms with Crippen LogP contribution in [0.1, 0.15) is 16.9 Å². The van der Waals surface area contributed by atoms with Gasteiger partial charge >= 0.3 is 0 Å². The normalized spacial score (nSPS) is 13.9. The second kappa shape index (κ2) is 4.27. The second-order valence-corrected chi connectivity index (χ2v) is 5.83. The maximum absolute atomic E-state index is 5.69. The summed E-state index contributed by atoms with van der Waals surface area (Å²) in [6.45, 7) is 0. The lowest BCUT2D eigenvalue weighted by Gasteiger charge is -2.00. The number of aromatic nitrogens is 3. The Balaban J connectivity index is 2.05. The van der Waals surface area contributed by atoms with Crippen molar-refractivity contribution in [2.75, 3.05) is 12.0 Å². The lowest BCUT2D eigenvalue weighted by atomic mass is 10.2. The molecular weight excluding hydrogens is 252 g/mol. The minimum absolute atomic E-state index is 0.299. The second-order valence-electron chi connectivity index (χ2n) is 3.92. The van der Waals surface area contributed by atoms with Crippen LogP contribution in [0.4, 0.5) is 5.95 Å². The topological polar surface area (TPSA) is 64.7 Å². The zero-order valence-electron chi connectivity index (χ0n) is 9.43. The SMILES string of the molecule is CSc1nc(N)nc(-c2cc3c(s2)CCC3)n1. The van der Waals surface area contributed by atoms with Gasteiger partial charge in [0.05, 0.1) is 4.88 Å². The molecule has 88 valence electrons. The molecule has 0 atom stereocenters. The van der Waals surface area contributed by atoms with E-state index in [0.29, 0.717) is 16.9 Å². The summed E-state index contributed by atoms with van der Waals surface area (Å²) in [7, 11) is 0. The summed E-state index contributed by atoms with van der Waals surface area (Å²) in [4.78, 5) is 15.3. The van der Waals surface area contributed by atoms with E-state index in [1.807, 2.05) is 6.26 Å². The number of anilines is 1. The molecule has 0 aliphatic heterocycles. The quantitative estimate of drug-likeness (QED) is 0.844. The highest BCUT2D eigenvalue weighted by atomic mass is 32.2. The molecule has 4 nitrogen and oxygen atoms in total. The molecule has 0 radical (unpaired) electrons. The highest BCUT2D eigenvalue weighted by Gasteiger charge is 2.17. The number of aryl methyl sites for hydroxylation is 2. The number of thioether (sulfide) groups is 1. The van der Waals surface area contributed by atoms with Crippen molar-refractivity contribution >= 4 is 29.0 Å². The van der Waals surface area contributed by atoms with Crippen molar-refractivity contribution in [1.29, 1.82) is 0 Å². The molecule has 17 heavy (non-hydrogen) atoms. The van der Waals surface area contributed by atoms with E-state index in [1.54, 1.807) is 11.3 Å². The van der Waals surface area contributed by atoms with E-state index in [-0.39, 0.29) is 0 Å². The first kappa shape index (κ1) is 11.0. The van der Waals surface area contributed by atoms with Crippen LogP contribution in [-0.2, 0) is 12.8 Å². The van der Waals surface area contributed by atoms with Gasteiger partial charge in [0, 0.05) is 4.88 Å². The number of nitrogen functional groups attached to an aromatic ring is 1. The van der Waals surface area contributed by atoms with Crippen LogP contribution in [-0.4, -0.2) is 21.2 Å². The third-order valence-electron chi connectivity index (χ3n) is 2.78. The molecule has 2 heterocycles. The molecule has 0 bridgehead atoms. The van der Waals surface area contributed by atoms with Crippen molar-refractivity contribution in [2.45, 2.75) is 24.4 Å². The van der Waals surface area contributed by atoms with Gasteiger partial charge in [0.2, 0.25) is 5.95 Å². The molecule has 0 amide bonds. The van der Waals surface area contributed by atoms with E-state index in [4.69, 9.17) is 5.73 Å². The molecule has 2 aromatic heterocycles. The summed E-state index contributed by atoms with van der Waals surface area (Å²) in [5.74, 6) is 1.01. The predicted octanol–water partition coefficient (Wildman–Crippen LogP) is 2.39. The molecule has 0 unspecified atom stereocenters. The lowest BCUT2D eigenvalue weighted by Crippen LogP contribution is -2.00. The van der Waals surface area contributed by atoms with E-state index in [0.717, 1.165) is 4.88 Å². The molecule has 0 fully saturated rings. The van der Waals surface area contributed by atoms with Gasteiger partial charge in [0.25, 0.3) is 0 Å². The van der Waals surface area contributed by atoms with E-state index in [2.05, 4.69) is 21.0 Å². The van der Waals surface area contributed by atoms with Crippen LogP contribution in [0.15, 0.2) is 11.2 Å². The number of hydrogen-bond donors (Lipinski definition) is 1. The molecule has 0 saturated carbocycles. The fourth-order valence-electron chi connectivity index (χ4n) is 2.01. The molecule has 1 aliphatic carbocycles. The van der Waals surface area contributed by atoms with Crippen LogP contribution in [0, 0.1) is 0 Å². The van der Waals surface area contributed by atoms with E-state index in [1.165, 1.54) is 41.5 Å². The molecule has 0 spiro atoms. The van der Waals surface area contributed by atoms with E-state index in [9.17, 15) is 0 Å². The summed E-state index contributed by atoms with van der Waals surface area (Å²) in [5, 5.41) is 0.682. The zero-order valence-corrected chi connectivity index (χ0v) is 11.1. The highest BCUT2D eigenvalue weighted by Crippen LogP contribution is 2.35. The van der Waals surface area contributed by atoms with Crippen molar-refractivity contribution in [3.63, 3.8) is 0 Å². The maximum atomic E-state index is 5.69. The van der Waals surface area contributed by atoms with Crippen LogP contribution >= 0.6 is 23.1 Å². The number of nitrogens with two attached hydrogens (primary N) is 1. The summed E-state index contributed by atoms with van der Waals surface area (Å²) < 4.78 is 0. The van der Waals surface area contributed by atoms with Crippen LogP contribution < -0.4 is 5.73 Å². The number of nitrogens with zero attached hydrogens (tertiary/aromatic N) is 3. The summed E-state index contributed by atoms with van der Waals surface area (Å²) in [5.41, 5.74) is 7.15. The number of rotatable bonds is 2. The average Bonchev–Trinajstić information content (AvgIpc) is 2.88. The molecule has 6 heteroatoms. The van der Waals surface area contributed by atoms with Gasteiger partial charge in [0.15, 0.2) is 11.0 Å². The fourth-order valence-corrected chi connectivity index (χ4v) is 3.56. The van der Waals surface area contributed by atoms with Gasteiger partial charge in [-0.3, -0.25) is 0 Å². The Kier molecular flexibility index (Phi) is 2.76. The zero-order chi connectivity index (χ0) is 11.8. The Labute approximate surface area is 108 Å². The predicted molar refractivity (Wildman–Crippen MR) is 71.4 cm³/mol. The van der Waals surface area contributed by atoms with Gasteiger partial charge in [-0.2, -0.15) is 9.97 Å². The lowest BCUT2D eigenvalue weighted by molar-refractivity contribution is 0.912. The van der Waals surface area contributed by atoms with Crippen molar-refractivity contribution < 1.29 is 0 Å². The largest absolute Gasteiger partial charge is 0.368 e. The van der Waals surface area contributed by atoms with Gasteiger partial charge < -0.3 is 5.73 Å². The Hall–Kier alpha value is -1.14. The van der Waals surface area contributed by atoms with Gasteiger partial charge in [0.1, 0.15) is 0 Å². The average molecular weight is 264 g/mol. The Bertz CT molecular complexity index is 543. The van der Waals surface area contributed by atoms with Gasteiger partial charge in [-0.1, -0.05) is 11.8 Å². The van der Waals surface area contributed by atoms with E-state index >= 15 is 0 Å². The molecule has 0 saturated heterocycles. The van der Waals surface area contributed by atoms with Gasteiger partial charge in [-0.15, -0.1) is 11.3 Å². The maximum Gasteiger partial charge on any atom is 0.224 e. The fraction of sp³-hybridized carbons (Fsp3) is 0.364. The molecule has 3 rings (SSSR count). The first-order chi connectivity index (χ1) is 8.26. The van der Waals surface area contributed by atoms with Crippen molar-refractivity contribution in [1.82, 2.24) is 15.0 Å². The van der Waals surface area contributed by atoms with Gasteiger partial charge in [-0.05, 0) is 37.1 Å². The Morgan fingerprint density at radius 3 is 2.94 bits per heavy atom. The third-order valence-corrected chi connectivity index (χ3v) is 4.56. The molecule has 2 N–H and O–H groups in total. The summed E-state index contributed by atoms with van der Waals surface area (Å²) in [6.07, 6.45) is 5.58. The summed E-state index contributed by atoms with van der Waals surface area (Å²) >= 11 is 3.27. The monoisotopic (exact) mass is 264 g/mol. The van der Waals surface area contributed by atoms with Crippen LogP contribution in [0.5, 0.6) is 0 Å². The minimum Gasteiger partial charge on any atom is -0.368 e. The molecular formula is C11H12N4S2. The number of hydrogen-bond acceptors (Lipinski definition) is 6. The van der Waals surface area contributed by atoms with Crippen LogP contribution in [0.2, 0.25) is 0 Å². The molecule has 0 aromatic carbocycles. The molecule has 1 aliphatic rings. The van der Waals surface area contributed by atoms with E-state index < -0.39 is 0 Å². The minimum atomic E-state index is 0.299. The van der Waals surface area contributed by atoms with Crippen molar-refractivity contribution in [3.8, 4) is 10.7 Å². The number of thiophene rings is 1.